The van der Waals surface area contributed by atoms with Crippen molar-refractivity contribution < 1.29 is 9.90 Å². The van der Waals surface area contributed by atoms with Crippen LogP contribution in [-0.2, 0) is 11.3 Å². The summed E-state index contributed by atoms with van der Waals surface area (Å²) in [5.74, 6) is 6.07. The van der Waals surface area contributed by atoms with Gasteiger partial charge in [-0.1, -0.05) is 37.3 Å². The molecule has 0 spiro atoms. The summed E-state index contributed by atoms with van der Waals surface area (Å²) in [6, 6.07) is 7.88. The molecule has 0 saturated heterocycles. The van der Waals surface area contributed by atoms with Crippen molar-refractivity contribution in [3.8, 4) is 11.8 Å². The Labute approximate surface area is 121 Å². The molecule has 0 atom stereocenters. The molecule has 0 heterocycles. The fraction of sp³-hybridized carbons (Fsp3) is 0.471. The van der Waals surface area contributed by atoms with Crippen molar-refractivity contribution in [1.29, 1.82) is 0 Å². The molecule has 0 aliphatic heterocycles. The SMILES string of the molecule is CCCCC(=O)N(C)Cc1ccc(C#CCCO)cc1. The number of unbranched alkanes of at least 4 members (excludes halogenated alkanes) is 1. The van der Waals surface area contributed by atoms with Crippen LogP contribution >= 0.6 is 0 Å². The Hall–Kier alpha value is -1.79. The van der Waals surface area contributed by atoms with Crippen LogP contribution in [0.1, 0.15) is 43.7 Å². The highest BCUT2D eigenvalue weighted by Crippen LogP contribution is 2.08. The number of hydrogen-bond donors (Lipinski definition) is 1. The third-order valence-corrected chi connectivity index (χ3v) is 3.01. The van der Waals surface area contributed by atoms with Gasteiger partial charge in [0, 0.05) is 32.0 Å². The van der Waals surface area contributed by atoms with Gasteiger partial charge in [0.2, 0.25) is 5.91 Å². The fourth-order valence-electron chi connectivity index (χ4n) is 1.79. The van der Waals surface area contributed by atoms with Crippen LogP contribution in [0.5, 0.6) is 0 Å². The first-order valence-corrected chi connectivity index (χ1v) is 7.10. The summed E-state index contributed by atoms with van der Waals surface area (Å²) in [5, 5.41) is 8.66. The maximum Gasteiger partial charge on any atom is 0.222 e. The van der Waals surface area contributed by atoms with Gasteiger partial charge in [0.05, 0.1) is 6.61 Å². The van der Waals surface area contributed by atoms with Crippen LogP contribution in [0.2, 0.25) is 0 Å². The first-order chi connectivity index (χ1) is 9.67. The molecule has 1 N–H and O–H groups in total. The average molecular weight is 273 g/mol. The molecule has 3 heteroatoms. The molecule has 3 nitrogen and oxygen atoms in total. The fourth-order valence-corrected chi connectivity index (χ4v) is 1.79. The maximum absolute atomic E-state index is 11.8. The van der Waals surface area contributed by atoms with Crippen molar-refractivity contribution in [3.63, 3.8) is 0 Å². The number of aliphatic hydroxyl groups is 1. The molecule has 0 aliphatic carbocycles. The molecule has 0 radical (unpaired) electrons. The normalized spacial score (nSPS) is 9.75. The number of hydrogen-bond acceptors (Lipinski definition) is 2. The second kappa shape index (κ2) is 9.17. The second-order valence-corrected chi connectivity index (χ2v) is 4.83. The third-order valence-electron chi connectivity index (χ3n) is 3.01. The van der Waals surface area contributed by atoms with E-state index in [1.165, 1.54) is 0 Å². The van der Waals surface area contributed by atoms with Gasteiger partial charge >= 0.3 is 0 Å². The molecule has 0 unspecified atom stereocenters. The predicted molar refractivity (Wildman–Crippen MR) is 81.0 cm³/mol. The molecule has 0 bridgehead atoms. The summed E-state index contributed by atoms with van der Waals surface area (Å²) in [4.78, 5) is 13.6. The quantitative estimate of drug-likeness (QED) is 0.809. The molecule has 1 amide bonds. The molecule has 20 heavy (non-hydrogen) atoms. The van der Waals surface area contributed by atoms with Crippen LogP contribution in [-0.4, -0.2) is 29.6 Å². The van der Waals surface area contributed by atoms with Gasteiger partial charge in [-0.2, -0.15) is 0 Å². The summed E-state index contributed by atoms with van der Waals surface area (Å²) < 4.78 is 0. The highest BCUT2D eigenvalue weighted by molar-refractivity contribution is 5.75. The van der Waals surface area contributed by atoms with Gasteiger partial charge in [0.1, 0.15) is 0 Å². The smallest absolute Gasteiger partial charge is 0.222 e. The number of aliphatic hydroxyl groups excluding tert-OH is 1. The molecular weight excluding hydrogens is 250 g/mol. The predicted octanol–water partition coefficient (Wildman–Crippen LogP) is 2.57. The van der Waals surface area contributed by atoms with E-state index in [-0.39, 0.29) is 12.5 Å². The topological polar surface area (TPSA) is 40.5 Å². The average Bonchev–Trinajstić information content (AvgIpc) is 2.46. The Morgan fingerprint density at radius 1 is 1.30 bits per heavy atom. The maximum atomic E-state index is 11.8. The number of nitrogens with zero attached hydrogens (tertiary/aromatic N) is 1. The lowest BCUT2D eigenvalue weighted by molar-refractivity contribution is -0.130. The van der Waals surface area contributed by atoms with E-state index >= 15 is 0 Å². The van der Waals surface area contributed by atoms with Crippen LogP contribution in [0.15, 0.2) is 24.3 Å². The van der Waals surface area contributed by atoms with E-state index in [4.69, 9.17) is 5.11 Å². The molecule has 0 aliphatic rings. The summed E-state index contributed by atoms with van der Waals surface area (Å²) in [5.41, 5.74) is 2.03. The van der Waals surface area contributed by atoms with E-state index < -0.39 is 0 Å². The largest absolute Gasteiger partial charge is 0.395 e. The Morgan fingerprint density at radius 2 is 2.00 bits per heavy atom. The van der Waals surface area contributed by atoms with Crippen molar-refractivity contribution in [2.24, 2.45) is 0 Å². The van der Waals surface area contributed by atoms with Gasteiger partial charge in [-0.05, 0) is 24.1 Å². The number of benzene rings is 1. The van der Waals surface area contributed by atoms with Crippen molar-refractivity contribution in [2.75, 3.05) is 13.7 Å². The molecule has 0 fully saturated rings. The minimum atomic E-state index is 0.0930. The van der Waals surface area contributed by atoms with Crippen molar-refractivity contribution >= 4 is 5.91 Å². The molecular formula is C17H23NO2. The van der Waals surface area contributed by atoms with E-state index in [0.717, 1.165) is 24.0 Å². The Balaban J connectivity index is 2.53. The summed E-state index contributed by atoms with van der Waals surface area (Å²) in [6.07, 6.45) is 3.11. The lowest BCUT2D eigenvalue weighted by atomic mass is 10.1. The first-order valence-electron chi connectivity index (χ1n) is 7.10. The lowest BCUT2D eigenvalue weighted by Crippen LogP contribution is -2.25. The van der Waals surface area contributed by atoms with Crippen LogP contribution in [0.4, 0.5) is 0 Å². The van der Waals surface area contributed by atoms with Crippen LogP contribution in [0.25, 0.3) is 0 Å². The molecule has 0 saturated carbocycles. The lowest BCUT2D eigenvalue weighted by Gasteiger charge is -2.17. The third kappa shape index (κ3) is 5.90. The van der Waals surface area contributed by atoms with Crippen LogP contribution in [0, 0.1) is 11.8 Å². The number of amides is 1. The zero-order valence-corrected chi connectivity index (χ0v) is 12.4. The molecule has 1 aromatic carbocycles. The molecule has 1 aromatic rings. The van der Waals surface area contributed by atoms with Crippen LogP contribution in [0.3, 0.4) is 0 Å². The van der Waals surface area contributed by atoms with Gasteiger partial charge < -0.3 is 10.0 Å². The van der Waals surface area contributed by atoms with E-state index in [9.17, 15) is 4.79 Å². The standard InChI is InChI=1S/C17H23NO2/c1-3-4-8-17(20)18(2)14-16-11-9-15(10-12-16)7-5-6-13-19/h9-12,19H,3-4,6,8,13-14H2,1-2H3. The zero-order valence-electron chi connectivity index (χ0n) is 12.4. The van der Waals surface area contributed by atoms with E-state index in [2.05, 4.69) is 18.8 Å². The Bertz CT molecular complexity index is 468. The Morgan fingerprint density at radius 3 is 2.60 bits per heavy atom. The number of carbonyl (C=O) groups is 1. The molecule has 1 rings (SSSR count). The number of carbonyl (C=O) groups excluding carboxylic acids is 1. The second-order valence-electron chi connectivity index (χ2n) is 4.83. The summed E-state index contributed by atoms with van der Waals surface area (Å²) in [7, 11) is 1.84. The van der Waals surface area contributed by atoms with E-state index in [0.29, 0.717) is 19.4 Å². The van der Waals surface area contributed by atoms with Gasteiger partial charge in [-0.3, -0.25) is 4.79 Å². The van der Waals surface area contributed by atoms with Gasteiger partial charge in [-0.15, -0.1) is 0 Å². The minimum absolute atomic E-state index is 0.0930. The van der Waals surface area contributed by atoms with Crippen molar-refractivity contribution in [3.05, 3.63) is 35.4 Å². The minimum Gasteiger partial charge on any atom is -0.395 e. The summed E-state index contributed by atoms with van der Waals surface area (Å²) >= 11 is 0. The van der Waals surface area contributed by atoms with Gasteiger partial charge in [0.25, 0.3) is 0 Å². The highest BCUT2D eigenvalue weighted by atomic mass is 16.2. The van der Waals surface area contributed by atoms with Gasteiger partial charge in [-0.25, -0.2) is 0 Å². The molecule has 108 valence electrons. The zero-order chi connectivity index (χ0) is 14.8. The van der Waals surface area contributed by atoms with E-state index in [1.807, 2.05) is 31.3 Å². The van der Waals surface area contributed by atoms with Crippen molar-refractivity contribution in [2.45, 2.75) is 39.2 Å². The van der Waals surface area contributed by atoms with Crippen molar-refractivity contribution in [1.82, 2.24) is 4.90 Å². The monoisotopic (exact) mass is 273 g/mol. The number of rotatable bonds is 6. The molecule has 0 aromatic heterocycles. The highest BCUT2D eigenvalue weighted by Gasteiger charge is 2.08. The van der Waals surface area contributed by atoms with E-state index in [1.54, 1.807) is 4.90 Å². The summed E-state index contributed by atoms with van der Waals surface area (Å²) in [6.45, 7) is 2.81. The van der Waals surface area contributed by atoms with Crippen LogP contribution < -0.4 is 0 Å². The first kappa shape index (κ1) is 16.3. The van der Waals surface area contributed by atoms with Gasteiger partial charge in [0.15, 0.2) is 0 Å². The Kier molecular flexibility index (Phi) is 7.46.